The number of rotatable bonds is 3. The molecule has 0 spiro atoms. The Kier molecular flexibility index (Phi) is 4.02. The molecule has 0 saturated heterocycles. The van der Waals surface area contributed by atoms with E-state index < -0.39 is 0 Å². The van der Waals surface area contributed by atoms with Gasteiger partial charge in [-0.05, 0) is 46.5 Å². The third-order valence-electron chi connectivity index (χ3n) is 5.29. The highest BCUT2D eigenvalue weighted by Crippen LogP contribution is 2.33. The van der Waals surface area contributed by atoms with Crippen LogP contribution in [0.15, 0.2) is 70.6 Å². The third kappa shape index (κ3) is 3.31. The van der Waals surface area contributed by atoms with Crippen LogP contribution in [-0.4, -0.2) is 17.3 Å². The highest BCUT2D eigenvalue weighted by atomic mass is 16.1. The highest BCUT2D eigenvalue weighted by Gasteiger charge is 2.19. The van der Waals surface area contributed by atoms with Crippen LogP contribution in [-0.2, 0) is 17.6 Å². The molecule has 5 heteroatoms. The fourth-order valence-corrected chi connectivity index (χ4v) is 3.85. The van der Waals surface area contributed by atoms with Crippen molar-refractivity contribution in [3.8, 4) is 0 Å². The third-order valence-corrected chi connectivity index (χ3v) is 5.29. The lowest BCUT2D eigenvalue weighted by Gasteiger charge is -2.04. The Bertz CT molecular complexity index is 1210. The number of hydrogen-bond donors (Lipinski definition) is 2. The molecule has 2 heterocycles. The molecule has 0 radical (unpaired) electrons. The van der Waals surface area contributed by atoms with Crippen molar-refractivity contribution in [2.24, 2.45) is 9.98 Å². The summed E-state index contributed by atoms with van der Waals surface area (Å²) in [6, 6.07) is 20.2. The lowest BCUT2D eigenvalue weighted by molar-refractivity contribution is -0.114. The first-order chi connectivity index (χ1) is 14.0. The molecule has 0 fully saturated rings. The smallest absolute Gasteiger partial charge is 0.221 e. The molecule has 2 aliphatic rings. The summed E-state index contributed by atoms with van der Waals surface area (Å²) in [5, 5.41) is 2.81. The van der Waals surface area contributed by atoms with Gasteiger partial charge in [0.15, 0.2) is 0 Å². The van der Waals surface area contributed by atoms with Crippen molar-refractivity contribution < 1.29 is 4.79 Å². The fraction of sp³-hybridized carbons (Fsp3) is 0.125. The van der Waals surface area contributed by atoms with Gasteiger partial charge >= 0.3 is 0 Å². The van der Waals surface area contributed by atoms with Crippen molar-refractivity contribution in [3.63, 3.8) is 0 Å². The van der Waals surface area contributed by atoms with E-state index in [2.05, 4.69) is 35.6 Å². The number of nitrogens with one attached hydrogen (secondary N) is 1. The number of carbonyl (C=O) groups is 1. The number of amides is 1. The Hall–Kier alpha value is -3.73. The minimum absolute atomic E-state index is 0.0811. The molecule has 29 heavy (non-hydrogen) atoms. The minimum Gasteiger partial charge on any atom is -0.399 e. The molecule has 0 unspecified atom stereocenters. The van der Waals surface area contributed by atoms with Gasteiger partial charge in [-0.3, -0.25) is 14.8 Å². The monoisotopic (exact) mass is 380 g/mol. The molecule has 0 bridgehead atoms. The highest BCUT2D eigenvalue weighted by molar-refractivity contribution is 6.09. The summed E-state index contributed by atoms with van der Waals surface area (Å²) in [4.78, 5) is 20.8. The average Bonchev–Trinajstić information content (AvgIpc) is 3.31. The molecular formula is C24H20N4O. The molecule has 0 aromatic heterocycles. The molecule has 0 atom stereocenters. The number of nitrogens with zero attached hydrogens (tertiary/aromatic N) is 2. The Labute approximate surface area is 169 Å². The van der Waals surface area contributed by atoms with E-state index in [0.29, 0.717) is 0 Å². The number of anilines is 2. The van der Waals surface area contributed by atoms with Crippen molar-refractivity contribution in [1.29, 1.82) is 0 Å². The van der Waals surface area contributed by atoms with E-state index in [0.717, 1.165) is 58.1 Å². The molecule has 1 amide bonds. The average molecular weight is 380 g/mol. The number of hydrogen-bond acceptors (Lipinski definition) is 4. The van der Waals surface area contributed by atoms with Crippen molar-refractivity contribution in [1.82, 2.24) is 0 Å². The second-order valence-electron chi connectivity index (χ2n) is 7.46. The van der Waals surface area contributed by atoms with E-state index >= 15 is 0 Å². The van der Waals surface area contributed by atoms with Gasteiger partial charge in [-0.1, -0.05) is 36.4 Å². The summed E-state index contributed by atoms with van der Waals surface area (Å²) in [6.45, 7) is 1.51. The normalized spacial score (nSPS) is 14.1. The van der Waals surface area contributed by atoms with E-state index in [9.17, 15) is 4.79 Å². The number of fused-ring (bicyclic) bond motifs is 2. The standard InChI is InChI=1S/C24H20N4O/c1-14(29)26-20-9-7-18-11-22(28-24(18)13-20)16-4-2-15(3-5-16)21-10-17-6-8-19(25)12-23(17)27-21/h2-9,12-13H,10-11,25H2,1H3,(H,26,29). The molecule has 142 valence electrons. The molecule has 2 aliphatic heterocycles. The molecule has 0 saturated carbocycles. The minimum atomic E-state index is -0.0811. The van der Waals surface area contributed by atoms with Gasteiger partial charge < -0.3 is 11.1 Å². The molecule has 3 aromatic carbocycles. The van der Waals surface area contributed by atoms with Crippen LogP contribution in [0.3, 0.4) is 0 Å². The topological polar surface area (TPSA) is 79.8 Å². The van der Waals surface area contributed by atoms with Crippen molar-refractivity contribution in [2.45, 2.75) is 19.8 Å². The largest absolute Gasteiger partial charge is 0.399 e. The van der Waals surface area contributed by atoms with Gasteiger partial charge in [0.2, 0.25) is 5.91 Å². The van der Waals surface area contributed by atoms with Crippen LogP contribution < -0.4 is 11.1 Å². The number of nitrogens with two attached hydrogens (primary N) is 1. The van der Waals surface area contributed by atoms with Crippen molar-refractivity contribution in [2.75, 3.05) is 11.1 Å². The van der Waals surface area contributed by atoms with Crippen LogP contribution in [0.4, 0.5) is 22.7 Å². The number of carbonyl (C=O) groups excluding carboxylic acids is 1. The molecule has 3 N–H and O–H groups in total. The summed E-state index contributed by atoms with van der Waals surface area (Å²) in [5.41, 5.74) is 16.0. The first-order valence-corrected chi connectivity index (χ1v) is 9.60. The summed E-state index contributed by atoms with van der Waals surface area (Å²) < 4.78 is 0. The quantitative estimate of drug-likeness (QED) is 0.652. The van der Waals surface area contributed by atoms with Crippen molar-refractivity contribution in [3.05, 3.63) is 82.9 Å². The van der Waals surface area contributed by atoms with Gasteiger partial charge in [-0.2, -0.15) is 0 Å². The zero-order valence-electron chi connectivity index (χ0n) is 16.1. The summed E-state index contributed by atoms with van der Waals surface area (Å²) in [5.74, 6) is -0.0811. The lowest BCUT2D eigenvalue weighted by Crippen LogP contribution is -2.05. The van der Waals surface area contributed by atoms with Gasteiger partial charge in [-0.15, -0.1) is 0 Å². The maximum atomic E-state index is 11.3. The molecular weight excluding hydrogens is 360 g/mol. The van der Waals surface area contributed by atoms with Gasteiger partial charge in [-0.25, -0.2) is 0 Å². The second-order valence-corrected chi connectivity index (χ2v) is 7.46. The Morgan fingerprint density at radius 3 is 1.97 bits per heavy atom. The first kappa shape index (κ1) is 17.4. The van der Waals surface area contributed by atoms with E-state index in [1.807, 2.05) is 30.3 Å². The zero-order chi connectivity index (χ0) is 20.0. The second kappa shape index (κ2) is 6.71. The lowest BCUT2D eigenvalue weighted by atomic mass is 9.99. The van der Waals surface area contributed by atoms with Crippen LogP contribution in [0.2, 0.25) is 0 Å². The van der Waals surface area contributed by atoms with Crippen LogP contribution in [0, 0.1) is 0 Å². The predicted octanol–water partition coefficient (Wildman–Crippen LogP) is 4.58. The predicted molar refractivity (Wildman–Crippen MR) is 118 cm³/mol. The number of benzene rings is 3. The first-order valence-electron chi connectivity index (χ1n) is 9.60. The Morgan fingerprint density at radius 2 is 1.38 bits per heavy atom. The molecule has 0 aliphatic carbocycles. The Balaban J connectivity index is 1.37. The van der Waals surface area contributed by atoms with Crippen molar-refractivity contribution >= 4 is 40.1 Å². The van der Waals surface area contributed by atoms with E-state index in [1.165, 1.54) is 18.1 Å². The maximum absolute atomic E-state index is 11.3. The fourth-order valence-electron chi connectivity index (χ4n) is 3.85. The van der Waals surface area contributed by atoms with Gasteiger partial charge in [0.1, 0.15) is 0 Å². The maximum Gasteiger partial charge on any atom is 0.221 e. The van der Waals surface area contributed by atoms with E-state index in [4.69, 9.17) is 15.7 Å². The van der Waals surface area contributed by atoms with Gasteiger partial charge in [0, 0.05) is 31.1 Å². The van der Waals surface area contributed by atoms with Gasteiger partial charge in [0.25, 0.3) is 0 Å². The zero-order valence-corrected chi connectivity index (χ0v) is 16.1. The number of nitrogen functional groups attached to an aromatic ring is 1. The van der Waals surface area contributed by atoms with E-state index in [-0.39, 0.29) is 5.91 Å². The summed E-state index contributed by atoms with van der Waals surface area (Å²) in [7, 11) is 0. The summed E-state index contributed by atoms with van der Waals surface area (Å²) >= 11 is 0. The van der Waals surface area contributed by atoms with Crippen LogP contribution in [0.25, 0.3) is 0 Å². The van der Waals surface area contributed by atoms with Crippen LogP contribution in [0.1, 0.15) is 29.2 Å². The van der Waals surface area contributed by atoms with Gasteiger partial charge in [0.05, 0.1) is 22.8 Å². The van der Waals surface area contributed by atoms with Crippen LogP contribution >= 0.6 is 0 Å². The molecule has 5 rings (SSSR count). The van der Waals surface area contributed by atoms with Crippen LogP contribution in [0.5, 0.6) is 0 Å². The SMILES string of the molecule is CC(=O)Nc1ccc2c(c1)N=C(c1ccc(C3=Nc4cc(N)ccc4C3)cc1)C2. The van der Waals surface area contributed by atoms with E-state index in [1.54, 1.807) is 0 Å². The summed E-state index contributed by atoms with van der Waals surface area (Å²) in [6.07, 6.45) is 1.62. The molecule has 3 aromatic rings. The number of aliphatic imine (C=N–C) groups is 2. The molecule has 5 nitrogen and oxygen atoms in total. The Morgan fingerprint density at radius 1 is 0.828 bits per heavy atom.